The van der Waals surface area contributed by atoms with Gasteiger partial charge in [0, 0.05) is 6.42 Å². The molecule has 20 heavy (non-hydrogen) atoms. The van der Waals surface area contributed by atoms with Gasteiger partial charge < -0.3 is 14.9 Å². The molecular formula is C15H21FO4. The van der Waals surface area contributed by atoms with E-state index in [0.29, 0.717) is 16.7 Å². The minimum Gasteiger partial charge on any atom is -0.481 e. The van der Waals surface area contributed by atoms with Crippen LogP contribution in [0.5, 0.6) is 0 Å². The van der Waals surface area contributed by atoms with E-state index in [1.165, 1.54) is 0 Å². The van der Waals surface area contributed by atoms with Crippen molar-refractivity contribution >= 4 is 5.97 Å². The number of ether oxygens (including phenoxy) is 1. The number of aliphatic hydroxyl groups excluding tert-OH is 1. The van der Waals surface area contributed by atoms with E-state index in [9.17, 15) is 14.3 Å². The number of carbonyl (C=O) groups is 1. The standard InChI is InChI=1S/C15H21FO4/c1-9-4-5-12(11(3)20-8-10(2)17)13(15(9)16)6-7-14(18)19/h4-5,10-11,17H,6-8H2,1-3H3,(H,18,19)/t10-,11-/m1/s1. The van der Waals surface area contributed by atoms with Gasteiger partial charge in [-0.3, -0.25) is 4.79 Å². The molecule has 0 saturated heterocycles. The van der Waals surface area contributed by atoms with Gasteiger partial charge in [-0.2, -0.15) is 0 Å². The minimum atomic E-state index is -0.964. The Bertz CT molecular complexity index is 471. The second kappa shape index (κ2) is 7.36. The zero-order chi connectivity index (χ0) is 15.3. The molecule has 0 aliphatic heterocycles. The Morgan fingerprint density at radius 1 is 1.40 bits per heavy atom. The van der Waals surface area contributed by atoms with Crippen molar-refractivity contribution in [2.75, 3.05) is 6.61 Å². The number of hydrogen-bond donors (Lipinski definition) is 2. The van der Waals surface area contributed by atoms with Crippen molar-refractivity contribution in [3.8, 4) is 0 Å². The predicted molar refractivity (Wildman–Crippen MR) is 73.1 cm³/mol. The Balaban J connectivity index is 2.98. The summed E-state index contributed by atoms with van der Waals surface area (Å²) in [7, 11) is 0. The topological polar surface area (TPSA) is 66.8 Å². The van der Waals surface area contributed by atoms with Crippen molar-refractivity contribution in [2.24, 2.45) is 0 Å². The van der Waals surface area contributed by atoms with E-state index in [1.54, 1.807) is 32.9 Å². The van der Waals surface area contributed by atoms with Crippen LogP contribution in [0.2, 0.25) is 0 Å². The molecule has 0 heterocycles. The van der Waals surface area contributed by atoms with Crippen molar-refractivity contribution in [1.82, 2.24) is 0 Å². The van der Waals surface area contributed by atoms with Crippen LogP contribution in [-0.4, -0.2) is 28.9 Å². The molecule has 1 aromatic carbocycles. The third-order valence-corrected chi connectivity index (χ3v) is 3.09. The fraction of sp³-hybridized carbons (Fsp3) is 0.533. The number of hydrogen-bond acceptors (Lipinski definition) is 3. The highest BCUT2D eigenvalue weighted by Gasteiger charge is 2.18. The lowest BCUT2D eigenvalue weighted by Gasteiger charge is -2.19. The molecule has 0 unspecified atom stereocenters. The van der Waals surface area contributed by atoms with Crippen LogP contribution in [0.4, 0.5) is 4.39 Å². The summed E-state index contributed by atoms with van der Waals surface area (Å²) in [5.74, 6) is -1.34. The Hall–Kier alpha value is -1.46. The number of benzene rings is 1. The average Bonchev–Trinajstić information content (AvgIpc) is 2.37. The molecule has 0 radical (unpaired) electrons. The van der Waals surface area contributed by atoms with Gasteiger partial charge in [0.05, 0.1) is 18.8 Å². The molecule has 0 aromatic heterocycles. The molecule has 4 nitrogen and oxygen atoms in total. The highest BCUT2D eigenvalue weighted by Crippen LogP contribution is 2.26. The molecule has 2 N–H and O–H groups in total. The van der Waals surface area contributed by atoms with Crippen LogP contribution in [0.15, 0.2) is 12.1 Å². The zero-order valence-corrected chi connectivity index (χ0v) is 12.0. The molecule has 2 atom stereocenters. The molecule has 0 aliphatic rings. The monoisotopic (exact) mass is 284 g/mol. The third kappa shape index (κ3) is 4.58. The lowest BCUT2D eigenvalue weighted by molar-refractivity contribution is -0.136. The van der Waals surface area contributed by atoms with Crippen molar-refractivity contribution in [1.29, 1.82) is 0 Å². The molecular weight excluding hydrogens is 263 g/mol. The first-order valence-electron chi connectivity index (χ1n) is 6.62. The molecule has 0 amide bonds. The molecule has 0 spiro atoms. The lowest BCUT2D eigenvalue weighted by atomic mass is 9.96. The Labute approximate surface area is 118 Å². The summed E-state index contributed by atoms with van der Waals surface area (Å²) < 4.78 is 19.6. The normalized spacial score (nSPS) is 14.1. The third-order valence-electron chi connectivity index (χ3n) is 3.09. The Morgan fingerprint density at radius 3 is 2.60 bits per heavy atom. The predicted octanol–water partition coefficient (Wildman–Crippen LogP) is 2.61. The molecule has 0 fully saturated rings. The highest BCUT2D eigenvalue weighted by atomic mass is 19.1. The summed E-state index contributed by atoms with van der Waals surface area (Å²) in [5, 5.41) is 18.0. The Kier molecular flexibility index (Phi) is 6.10. The smallest absolute Gasteiger partial charge is 0.303 e. The average molecular weight is 284 g/mol. The quantitative estimate of drug-likeness (QED) is 0.807. The second-order valence-electron chi connectivity index (χ2n) is 4.98. The van der Waals surface area contributed by atoms with Crippen LogP contribution in [-0.2, 0) is 16.0 Å². The van der Waals surface area contributed by atoms with Gasteiger partial charge in [-0.05, 0) is 43.9 Å². The van der Waals surface area contributed by atoms with Crippen molar-refractivity contribution < 1.29 is 24.1 Å². The fourth-order valence-electron chi connectivity index (χ4n) is 1.99. The maximum absolute atomic E-state index is 14.2. The number of rotatable bonds is 7. The molecule has 112 valence electrons. The fourth-order valence-corrected chi connectivity index (χ4v) is 1.99. The van der Waals surface area contributed by atoms with Gasteiger partial charge >= 0.3 is 5.97 Å². The number of aliphatic hydroxyl groups is 1. The van der Waals surface area contributed by atoms with Crippen LogP contribution >= 0.6 is 0 Å². The van der Waals surface area contributed by atoms with Crippen LogP contribution in [0.25, 0.3) is 0 Å². The van der Waals surface area contributed by atoms with E-state index in [0.717, 1.165) is 0 Å². The van der Waals surface area contributed by atoms with Gasteiger partial charge in [-0.15, -0.1) is 0 Å². The molecule has 5 heteroatoms. The van der Waals surface area contributed by atoms with E-state index in [-0.39, 0.29) is 25.3 Å². The second-order valence-corrected chi connectivity index (χ2v) is 4.98. The maximum atomic E-state index is 14.2. The van der Waals surface area contributed by atoms with Crippen molar-refractivity contribution in [3.63, 3.8) is 0 Å². The van der Waals surface area contributed by atoms with Gasteiger partial charge in [0.25, 0.3) is 0 Å². The van der Waals surface area contributed by atoms with Crippen molar-refractivity contribution in [2.45, 2.75) is 45.8 Å². The molecule has 0 bridgehead atoms. The summed E-state index contributed by atoms with van der Waals surface area (Å²) in [6.07, 6.45) is -1.00. The number of halogens is 1. The largest absolute Gasteiger partial charge is 0.481 e. The number of carboxylic acids is 1. The summed E-state index contributed by atoms with van der Waals surface area (Å²) in [6, 6.07) is 3.40. The first-order chi connectivity index (χ1) is 9.32. The van der Waals surface area contributed by atoms with Gasteiger partial charge in [0.1, 0.15) is 5.82 Å². The SMILES string of the molecule is Cc1ccc([C@@H](C)OC[C@@H](C)O)c(CCC(=O)O)c1F. The lowest BCUT2D eigenvalue weighted by Crippen LogP contribution is -2.15. The summed E-state index contributed by atoms with van der Waals surface area (Å²) in [4.78, 5) is 10.7. The van der Waals surface area contributed by atoms with Crippen LogP contribution in [0, 0.1) is 12.7 Å². The first-order valence-corrected chi connectivity index (χ1v) is 6.62. The molecule has 1 rings (SSSR count). The van der Waals surface area contributed by atoms with Gasteiger partial charge in [-0.25, -0.2) is 4.39 Å². The summed E-state index contributed by atoms with van der Waals surface area (Å²) >= 11 is 0. The maximum Gasteiger partial charge on any atom is 0.303 e. The highest BCUT2D eigenvalue weighted by molar-refractivity contribution is 5.67. The number of aryl methyl sites for hydroxylation is 1. The summed E-state index contributed by atoms with van der Waals surface area (Å²) in [6.45, 7) is 5.16. The zero-order valence-electron chi connectivity index (χ0n) is 12.0. The van der Waals surface area contributed by atoms with E-state index in [2.05, 4.69) is 0 Å². The van der Waals surface area contributed by atoms with E-state index >= 15 is 0 Å². The van der Waals surface area contributed by atoms with Crippen LogP contribution in [0.3, 0.4) is 0 Å². The van der Waals surface area contributed by atoms with E-state index in [1.807, 2.05) is 0 Å². The number of carboxylic acid groups (broad SMARTS) is 1. The number of aliphatic carboxylic acids is 1. The van der Waals surface area contributed by atoms with Gasteiger partial charge in [0.2, 0.25) is 0 Å². The molecule has 1 aromatic rings. The van der Waals surface area contributed by atoms with E-state index < -0.39 is 18.2 Å². The molecule has 0 saturated carbocycles. The van der Waals surface area contributed by atoms with Crippen LogP contribution < -0.4 is 0 Å². The first kappa shape index (κ1) is 16.6. The molecule has 0 aliphatic carbocycles. The van der Waals surface area contributed by atoms with Gasteiger partial charge in [0.15, 0.2) is 0 Å². The van der Waals surface area contributed by atoms with E-state index in [4.69, 9.17) is 9.84 Å². The summed E-state index contributed by atoms with van der Waals surface area (Å²) in [5.41, 5.74) is 1.50. The Morgan fingerprint density at radius 2 is 2.05 bits per heavy atom. The van der Waals surface area contributed by atoms with Crippen molar-refractivity contribution in [3.05, 3.63) is 34.6 Å². The minimum absolute atomic E-state index is 0.126. The van der Waals surface area contributed by atoms with Crippen LogP contribution in [0.1, 0.15) is 43.1 Å². The van der Waals surface area contributed by atoms with Gasteiger partial charge in [-0.1, -0.05) is 12.1 Å².